The number of hydrogen-bond acceptors (Lipinski definition) is 2. The highest BCUT2D eigenvalue weighted by Crippen LogP contribution is 2.02. The molecule has 86 valence electrons. The smallest absolute Gasteiger partial charge is 0.224 e. The second-order valence-corrected chi connectivity index (χ2v) is 4.14. The molecule has 0 bridgehead atoms. The maximum atomic E-state index is 11.6. The first kappa shape index (κ1) is 12.4. The summed E-state index contributed by atoms with van der Waals surface area (Å²) in [7, 11) is 0. The number of rotatable bonds is 5. The molecule has 16 heavy (non-hydrogen) atoms. The van der Waals surface area contributed by atoms with Crippen LogP contribution in [-0.2, 0) is 16.0 Å². The van der Waals surface area contributed by atoms with Gasteiger partial charge < -0.3 is 10.1 Å². The summed E-state index contributed by atoms with van der Waals surface area (Å²) < 4.78 is 0. The molecule has 1 aromatic rings. The van der Waals surface area contributed by atoms with Crippen molar-refractivity contribution in [1.29, 1.82) is 0 Å². The Hall–Kier alpha value is -1.64. The van der Waals surface area contributed by atoms with Gasteiger partial charge in [0.1, 0.15) is 6.29 Å². The monoisotopic (exact) mass is 219 g/mol. The van der Waals surface area contributed by atoms with E-state index >= 15 is 0 Å². The Bertz CT molecular complexity index is 346. The zero-order valence-corrected chi connectivity index (χ0v) is 9.64. The van der Waals surface area contributed by atoms with Gasteiger partial charge in [0.15, 0.2) is 0 Å². The van der Waals surface area contributed by atoms with E-state index in [1.165, 1.54) is 0 Å². The van der Waals surface area contributed by atoms with E-state index in [0.717, 1.165) is 11.8 Å². The SMILES string of the molecule is CC(C)[C@@H](C=O)NC(=O)Cc1ccccc1. The van der Waals surface area contributed by atoms with Crippen LogP contribution >= 0.6 is 0 Å². The van der Waals surface area contributed by atoms with Crippen LogP contribution in [0.25, 0.3) is 0 Å². The minimum absolute atomic E-state index is 0.114. The molecule has 0 aliphatic heterocycles. The van der Waals surface area contributed by atoms with Gasteiger partial charge in [0, 0.05) is 0 Å². The molecule has 0 saturated carbocycles. The zero-order chi connectivity index (χ0) is 12.0. The topological polar surface area (TPSA) is 46.2 Å². The Kier molecular flexibility index (Phi) is 4.70. The number of aldehydes is 1. The van der Waals surface area contributed by atoms with Crippen LogP contribution < -0.4 is 5.32 Å². The van der Waals surface area contributed by atoms with Crippen molar-refractivity contribution >= 4 is 12.2 Å². The third-order valence-electron chi connectivity index (χ3n) is 2.40. The molecule has 1 atom stereocenters. The van der Waals surface area contributed by atoms with Crippen molar-refractivity contribution < 1.29 is 9.59 Å². The molecular formula is C13H17NO2. The molecule has 0 radical (unpaired) electrons. The lowest BCUT2D eigenvalue weighted by Gasteiger charge is -2.15. The van der Waals surface area contributed by atoms with E-state index in [2.05, 4.69) is 5.32 Å². The third kappa shape index (κ3) is 3.85. The minimum Gasteiger partial charge on any atom is -0.346 e. The first-order chi connectivity index (χ1) is 7.63. The Morgan fingerprint density at radius 2 is 1.94 bits per heavy atom. The summed E-state index contributed by atoms with van der Waals surface area (Å²) in [6.07, 6.45) is 1.10. The average Bonchev–Trinajstić information content (AvgIpc) is 2.27. The molecule has 0 heterocycles. The Morgan fingerprint density at radius 1 is 1.31 bits per heavy atom. The van der Waals surface area contributed by atoms with Gasteiger partial charge in [-0.1, -0.05) is 44.2 Å². The Labute approximate surface area is 95.9 Å². The summed E-state index contributed by atoms with van der Waals surface area (Å²) in [5.74, 6) is 0.00854. The van der Waals surface area contributed by atoms with Crippen LogP contribution in [0, 0.1) is 5.92 Å². The van der Waals surface area contributed by atoms with Crippen LogP contribution in [0.5, 0.6) is 0 Å². The van der Waals surface area contributed by atoms with Crippen LogP contribution in [0.1, 0.15) is 19.4 Å². The van der Waals surface area contributed by atoms with E-state index in [9.17, 15) is 9.59 Å². The summed E-state index contributed by atoms with van der Waals surface area (Å²) in [4.78, 5) is 22.3. The minimum atomic E-state index is -0.392. The van der Waals surface area contributed by atoms with Gasteiger partial charge in [-0.3, -0.25) is 4.79 Å². The fourth-order valence-electron chi connectivity index (χ4n) is 1.38. The van der Waals surface area contributed by atoms with Crippen LogP contribution in [0.4, 0.5) is 0 Å². The Morgan fingerprint density at radius 3 is 2.44 bits per heavy atom. The Balaban J connectivity index is 2.50. The third-order valence-corrected chi connectivity index (χ3v) is 2.40. The molecular weight excluding hydrogens is 202 g/mol. The van der Waals surface area contributed by atoms with Crippen molar-refractivity contribution in [3.63, 3.8) is 0 Å². The van der Waals surface area contributed by atoms with Crippen molar-refractivity contribution in [1.82, 2.24) is 5.32 Å². The highest BCUT2D eigenvalue weighted by molar-refractivity contribution is 5.81. The summed E-state index contributed by atoms with van der Waals surface area (Å²) in [5.41, 5.74) is 0.952. The van der Waals surface area contributed by atoms with Crippen molar-refractivity contribution in [2.45, 2.75) is 26.3 Å². The molecule has 1 aromatic carbocycles. The first-order valence-corrected chi connectivity index (χ1v) is 5.42. The quantitative estimate of drug-likeness (QED) is 0.764. The van der Waals surface area contributed by atoms with Crippen LogP contribution in [-0.4, -0.2) is 18.2 Å². The van der Waals surface area contributed by atoms with Crippen LogP contribution in [0.2, 0.25) is 0 Å². The van der Waals surface area contributed by atoms with Gasteiger partial charge >= 0.3 is 0 Å². The number of nitrogens with one attached hydrogen (secondary N) is 1. The van der Waals surface area contributed by atoms with E-state index < -0.39 is 6.04 Å². The van der Waals surface area contributed by atoms with Gasteiger partial charge in [0.2, 0.25) is 5.91 Å². The summed E-state index contributed by atoms with van der Waals surface area (Å²) in [6.45, 7) is 3.81. The van der Waals surface area contributed by atoms with Crippen LogP contribution in [0.3, 0.4) is 0 Å². The molecule has 0 aliphatic carbocycles. The lowest BCUT2D eigenvalue weighted by Crippen LogP contribution is -2.40. The van der Waals surface area contributed by atoms with Gasteiger partial charge in [-0.15, -0.1) is 0 Å². The molecule has 0 fully saturated rings. The molecule has 1 amide bonds. The molecule has 0 aromatic heterocycles. The standard InChI is InChI=1S/C13H17NO2/c1-10(2)12(9-15)14-13(16)8-11-6-4-3-5-7-11/h3-7,9-10,12H,8H2,1-2H3,(H,14,16)/t12-/m1/s1. The molecule has 0 spiro atoms. The average molecular weight is 219 g/mol. The number of carbonyl (C=O) groups is 2. The highest BCUT2D eigenvalue weighted by Gasteiger charge is 2.14. The molecule has 0 unspecified atom stereocenters. The van der Waals surface area contributed by atoms with E-state index in [1.54, 1.807) is 0 Å². The molecule has 0 aliphatic rings. The fraction of sp³-hybridized carbons (Fsp3) is 0.385. The molecule has 1 N–H and O–H groups in total. The van der Waals surface area contributed by atoms with Crippen molar-refractivity contribution in [3.05, 3.63) is 35.9 Å². The van der Waals surface area contributed by atoms with Crippen LogP contribution in [0.15, 0.2) is 30.3 Å². The summed E-state index contributed by atoms with van der Waals surface area (Å²) >= 11 is 0. The highest BCUT2D eigenvalue weighted by atomic mass is 16.2. The maximum Gasteiger partial charge on any atom is 0.224 e. The maximum absolute atomic E-state index is 11.6. The first-order valence-electron chi connectivity index (χ1n) is 5.42. The fourth-order valence-corrected chi connectivity index (χ4v) is 1.38. The second-order valence-electron chi connectivity index (χ2n) is 4.14. The normalized spacial score (nSPS) is 12.2. The zero-order valence-electron chi connectivity index (χ0n) is 9.64. The van der Waals surface area contributed by atoms with E-state index in [1.807, 2.05) is 44.2 Å². The number of amides is 1. The molecule has 3 nitrogen and oxygen atoms in total. The van der Waals surface area contributed by atoms with Crippen molar-refractivity contribution in [2.75, 3.05) is 0 Å². The number of carbonyl (C=O) groups excluding carboxylic acids is 2. The molecule has 1 rings (SSSR count). The van der Waals surface area contributed by atoms with Gasteiger partial charge in [0.25, 0.3) is 0 Å². The van der Waals surface area contributed by atoms with Gasteiger partial charge in [0.05, 0.1) is 12.5 Å². The van der Waals surface area contributed by atoms with Gasteiger partial charge in [-0.2, -0.15) is 0 Å². The van der Waals surface area contributed by atoms with Gasteiger partial charge in [-0.05, 0) is 11.5 Å². The summed E-state index contributed by atoms with van der Waals surface area (Å²) in [5, 5.41) is 2.71. The molecule has 0 saturated heterocycles. The van der Waals surface area contributed by atoms with E-state index in [-0.39, 0.29) is 11.8 Å². The van der Waals surface area contributed by atoms with Crippen molar-refractivity contribution in [2.24, 2.45) is 5.92 Å². The lowest BCUT2D eigenvalue weighted by molar-refractivity contribution is -0.124. The van der Waals surface area contributed by atoms with E-state index in [0.29, 0.717) is 6.42 Å². The lowest BCUT2D eigenvalue weighted by atomic mass is 10.1. The van der Waals surface area contributed by atoms with Crippen molar-refractivity contribution in [3.8, 4) is 0 Å². The summed E-state index contributed by atoms with van der Waals surface area (Å²) in [6, 6.07) is 9.08. The van der Waals surface area contributed by atoms with Gasteiger partial charge in [-0.25, -0.2) is 0 Å². The number of hydrogen-bond donors (Lipinski definition) is 1. The number of benzene rings is 1. The second kappa shape index (κ2) is 6.05. The predicted molar refractivity (Wildman–Crippen MR) is 63.0 cm³/mol. The van der Waals surface area contributed by atoms with E-state index in [4.69, 9.17) is 0 Å². The molecule has 3 heteroatoms. The predicted octanol–water partition coefficient (Wildman–Crippen LogP) is 1.57. The largest absolute Gasteiger partial charge is 0.346 e.